The van der Waals surface area contributed by atoms with Crippen LogP contribution in [0.2, 0.25) is 25.7 Å². The second kappa shape index (κ2) is 6.03. The highest BCUT2D eigenvalue weighted by Crippen LogP contribution is 2.28. The minimum Gasteiger partial charge on any atom is -0.359 e. The summed E-state index contributed by atoms with van der Waals surface area (Å²) in [5.41, 5.74) is 1.81. The lowest BCUT2D eigenvalue weighted by Gasteiger charge is -2.15. The van der Waals surface area contributed by atoms with E-state index in [9.17, 15) is 0 Å². The zero-order valence-corrected chi connectivity index (χ0v) is 15.5. The fourth-order valence-corrected chi connectivity index (χ4v) is 3.31. The van der Waals surface area contributed by atoms with E-state index in [0.29, 0.717) is 6.73 Å². The van der Waals surface area contributed by atoms with Gasteiger partial charge in [-0.2, -0.15) is 0 Å². The average molecular weight is 407 g/mol. The Morgan fingerprint density at radius 3 is 2.58 bits per heavy atom. The van der Waals surface area contributed by atoms with Gasteiger partial charge < -0.3 is 4.74 Å². The number of ether oxygens (including phenoxy) is 1. The maximum atomic E-state index is 5.72. The molecule has 1 aromatic heterocycles. The first kappa shape index (κ1) is 15.2. The van der Waals surface area contributed by atoms with Crippen LogP contribution >= 0.6 is 31.9 Å². The molecule has 2 aromatic rings. The molecule has 104 valence electrons. The molecule has 0 atom stereocenters. The lowest BCUT2D eigenvalue weighted by atomic mass is 10.3. The van der Waals surface area contributed by atoms with Gasteiger partial charge in [0.1, 0.15) is 17.8 Å². The number of halogens is 2. The Balaban J connectivity index is 2.08. The minimum atomic E-state index is -1.04. The van der Waals surface area contributed by atoms with Crippen LogP contribution in [0.1, 0.15) is 0 Å². The first-order valence-electron chi connectivity index (χ1n) is 6.13. The van der Waals surface area contributed by atoms with Gasteiger partial charge >= 0.3 is 0 Å². The molecule has 0 amide bonds. The highest BCUT2D eigenvalue weighted by molar-refractivity contribution is 9.11. The van der Waals surface area contributed by atoms with E-state index in [1.807, 2.05) is 12.1 Å². The van der Waals surface area contributed by atoms with Crippen LogP contribution in [0, 0.1) is 0 Å². The van der Waals surface area contributed by atoms with Crippen LogP contribution < -0.4 is 0 Å². The molecule has 4 nitrogen and oxygen atoms in total. The molecule has 0 bridgehead atoms. The summed E-state index contributed by atoms with van der Waals surface area (Å²) >= 11 is 7.01. The Morgan fingerprint density at radius 2 is 1.89 bits per heavy atom. The third-order valence-electron chi connectivity index (χ3n) is 2.77. The molecule has 1 heterocycles. The van der Waals surface area contributed by atoms with E-state index in [1.54, 1.807) is 4.68 Å². The molecule has 0 saturated carbocycles. The normalized spacial score (nSPS) is 12.3. The van der Waals surface area contributed by atoms with Crippen molar-refractivity contribution in [3.8, 4) is 0 Å². The summed E-state index contributed by atoms with van der Waals surface area (Å²) in [6.07, 6.45) is 0. The Bertz CT molecular complexity index is 580. The van der Waals surface area contributed by atoms with E-state index in [4.69, 9.17) is 4.74 Å². The quantitative estimate of drug-likeness (QED) is 0.549. The molecule has 0 unspecified atom stereocenters. The second-order valence-corrected chi connectivity index (χ2v) is 13.0. The van der Waals surface area contributed by atoms with Crippen LogP contribution in [0.15, 0.2) is 21.1 Å². The van der Waals surface area contributed by atoms with Crippen LogP contribution in [0.5, 0.6) is 0 Å². The second-order valence-electron chi connectivity index (χ2n) is 5.66. The molecule has 0 aliphatic carbocycles. The molecular weight excluding hydrogens is 390 g/mol. The summed E-state index contributed by atoms with van der Waals surface area (Å²) in [5.74, 6) is 0. The minimum absolute atomic E-state index is 0.441. The predicted octanol–water partition coefficient (Wildman–Crippen LogP) is 4.27. The van der Waals surface area contributed by atoms with Crippen LogP contribution in [0.3, 0.4) is 0 Å². The maximum absolute atomic E-state index is 5.72. The maximum Gasteiger partial charge on any atom is 0.141 e. The monoisotopic (exact) mass is 405 g/mol. The van der Waals surface area contributed by atoms with E-state index in [2.05, 4.69) is 61.8 Å². The highest BCUT2D eigenvalue weighted by atomic mass is 79.9. The van der Waals surface area contributed by atoms with Gasteiger partial charge in [0.2, 0.25) is 0 Å². The Labute approximate surface area is 130 Å². The van der Waals surface area contributed by atoms with E-state index >= 15 is 0 Å². The molecule has 7 heteroatoms. The molecule has 0 N–H and O–H groups in total. The Kier molecular flexibility index (Phi) is 4.81. The number of benzene rings is 1. The summed E-state index contributed by atoms with van der Waals surface area (Å²) in [4.78, 5) is 0. The summed E-state index contributed by atoms with van der Waals surface area (Å²) in [6.45, 7) is 8.25. The van der Waals surface area contributed by atoms with Gasteiger partial charge in [-0.1, -0.05) is 24.9 Å². The number of rotatable bonds is 5. The predicted molar refractivity (Wildman–Crippen MR) is 87.0 cm³/mol. The lowest BCUT2D eigenvalue weighted by molar-refractivity contribution is 0.0802. The van der Waals surface area contributed by atoms with Gasteiger partial charge in [0.05, 0.1) is 0 Å². The summed E-state index contributed by atoms with van der Waals surface area (Å²) in [5, 5.41) is 8.32. The first-order valence-corrected chi connectivity index (χ1v) is 11.4. The molecular formula is C12H17Br2N3OSi. The highest BCUT2D eigenvalue weighted by Gasteiger charge is 2.14. The summed E-state index contributed by atoms with van der Waals surface area (Å²) in [7, 11) is -1.04. The van der Waals surface area contributed by atoms with Crippen molar-refractivity contribution in [2.75, 3.05) is 6.61 Å². The molecule has 0 aliphatic heterocycles. The van der Waals surface area contributed by atoms with Gasteiger partial charge in [0.25, 0.3) is 0 Å². The molecule has 0 fully saturated rings. The smallest absolute Gasteiger partial charge is 0.141 e. The van der Waals surface area contributed by atoms with Gasteiger partial charge in [-0.15, -0.1) is 5.10 Å². The summed E-state index contributed by atoms with van der Waals surface area (Å²) < 4.78 is 9.42. The van der Waals surface area contributed by atoms with Gasteiger partial charge in [-0.05, 0) is 50.0 Å². The standard InChI is InChI=1S/C12H17Br2N3OSi/c1-19(2,3)7-6-18-8-17-12-10(14)5-4-9(13)11(12)15-16-17/h4-5H,6-8H2,1-3H3. The number of hydrogen-bond acceptors (Lipinski definition) is 3. The van der Waals surface area contributed by atoms with Crippen molar-refractivity contribution >= 4 is 51.0 Å². The van der Waals surface area contributed by atoms with Crippen molar-refractivity contribution < 1.29 is 4.74 Å². The van der Waals surface area contributed by atoms with Crippen molar-refractivity contribution in [3.63, 3.8) is 0 Å². The third kappa shape index (κ3) is 3.87. The number of nitrogens with zero attached hydrogens (tertiary/aromatic N) is 3. The first-order chi connectivity index (χ1) is 8.88. The van der Waals surface area contributed by atoms with Crippen LogP contribution in [-0.4, -0.2) is 29.7 Å². The van der Waals surface area contributed by atoms with Gasteiger partial charge in [0.15, 0.2) is 0 Å². The van der Waals surface area contributed by atoms with Crippen molar-refractivity contribution in [2.45, 2.75) is 32.4 Å². The SMILES string of the molecule is C[Si](C)(C)CCOCn1nnc2c(Br)ccc(Br)c21. The van der Waals surface area contributed by atoms with E-state index in [-0.39, 0.29) is 0 Å². The van der Waals surface area contributed by atoms with Crippen LogP contribution in [-0.2, 0) is 11.5 Å². The van der Waals surface area contributed by atoms with Crippen LogP contribution in [0.4, 0.5) is 0 Å². The number of hydrogen-bond donors (Lipinski definition) is 0. The average Bonchev–Trinajstić information content (AvgIpc) is 2.73. The van der Waals surface area contributed by atoms with Crippen molar-refractivity contribution in [3.05, 3.63) is 21.1 Å². The topological polar surface area (TPSA) is 39.9 Å². The molecule has 0 radical (unpaired) electrons. The molecule has 2 rings (SSSR count). The molecule has 0 aliphatic rings. The van der Waals surface area contributed by atoms with Crippen molar-refractivity contribution in [1.82, 2.24) is 15.0 Å². The Morgan fingerprint density at radius 1 is 1.21 bits per heavy atom. The largest absolute Gasteiger partial charge is 0.359 e. The third-order valence-corrected chi connectivity index (χ3v) is 5.76. The van der Waals surface area contributed by atoms with Gasteiger partial charge in [-0.3, -0.25) is 0 Å². The van der Waals surface area contributed by atoms with E-state index in [0.717, 1.165) is 32.6 Å². The van der Waals surface area contributed by atoms with E-state index < -0.39 is 8.07 Å². The lowest BCUT2D eigenvalue weighted by Crippen LogP contribution is -2.22. The molecule has 19 heavy (non-hydrogen) atoms. The van der Waals surface area contributed by atoms with E-state index in [1.165, 1.54) is 0 Å². The fraction of sp³-hybridized carbons (Fsp3) is 0.500. The zero-order chi connectivity index (χ0) is 14.0. The van der Waals surface area contributed by atoms with Crippen LogP contribution in [0.25, 0.3) is 11.0 Å². The molecule has 0 saturated heterocycles. The number of aromatic nitrogens is 3. The van der Waals surface area contributed by atoms with Gasteiger partial charge in [0, 0.05) is 23.6 Å². The zero-order valence-electron chi connectivity index (χ0n) is 11.3. The van der Waals surface area contributed by atoms with Crippen molar-refractivity contribution in [2.24, 2.45) is 0 Å². The Hall–Kier alpha value is -0.243. The number of fused-ring (bicyclic) bond motifs is 1. The van der Waals surface area contributed by atoms with Gasteiger partial charge in [-0.25, -0.2) is 4.68 Å². The molecule has 0 spiro atoms. The summed E-state index contributed by atoms with van der Waals surface area (Å²) in [6, 6.07) is 5.09. The fourth-order valence-electron chi connectivity index (χ4n) is 1.63. The molecule has 1 aromatic carbocycles. The van der Waals surface area contributed by atoms with Crippen molar-refractivity contribution in [1.29, 1.82) is 0 Å².